The summed E-state index contributed by atoms with van der Waals surface area (Å²) < 4.78 is 0. The third kappa shape index (κ3) is 5.89. The van der Waals surface area contributed by atoms with Crippen molar-refractivity contribution in [2.45, 2.75) is 16.7 Å². The summed E-state index contributed by atoms with van der Waals surface area (Å²) >= 11 is 1.53. The molecule has 190 valence electrons. The molecule has 0 spiro atoms. The Morgan fingerprint density at radius 3 is 1.64 bits per heavy atom. The second kappa shape index (κ2) is 11.8. The van der Waals surface area contributed by atoms with Crippen LogP contribution in [0.15, 0.2) is 142 Å². The van der Waals surface area contributed by atoms with Crippen molar-refractivity contribution in [1.82, 2.24) is 0 Å². The Morgan fingerprint density at radius 2 is 1.08 bits per heavy atom. The number of carbonyl (C=O) groups is 2. The second-order valence-corrected chi connectivity index (χ2v) is 10.2. The third-order valence-electron chi connectivity index (χ3n) is 6.44. The van der Waals surface area contributed by atoms with Gasteiger partial charge in [0.15, 0.2) is 11.5 Å². The van der Waals surface area contributed by atoms with Crippen LogP contribution in [0.2, 0.25) is 0 Å². The molecule has 4 nitrogen and oxygen atoms in total. The lowest BCUT2D eigenvalue weighted by Gasteiger charge is -2.08. The maximum Gasteiger partial charge on any atom is 0.215 e. The van der Waals surface area contributed by atoms with E-state index in [-0.39, 0.29) is 17.3 Å². The van der Waals surface area contributed by atoms with Gasteiger partial charge in [-0.1, -0.05) is 95.8 Å². The highest BCUT2D eigenvalue weighted by Gasteiger charge is 2.18. The molecule has 0 saturated carbocycles. The van der Waals surface area contributed by atoms with E-state index in [1.54, 1.807) is 24.3 Å². The van der Waals surface area contributed by atoms with Gasteiger partial charge in [-0.05, 0) is 72.1 Å². The van der Waals surface area contributed by atoms with Crippen molar-refractivity contribution in [3.05, 3.63) is 155 Å². The normalized spacial score (nSPS) is 11.3. The van der Waals surface area contributed by atoms with Crippen LogP contribution in [0.5, 0.6) is 0 Å². The number of rotatable bonds is 8. The number of aryl methyl sites for hydroxylation is 1. The molecule has 5 heteroatoms. The van der Waals surface area contributed by atoms with Crippen LogP contribution in [0.25, 0.3) is 11.1 Å². The van der Waals surface area contributed by atoms with E-state index in [1.165, 1.54) is 11.8 Å². The predicted molar refractivity (Wildman–Crippen MR) is 156 cm³/mol. The first-order valence-electron chi connectivity index (χ1n) is 12.4. The molecular formula is C34H25NO3S. The van der Waals surface area contributed by atoms with E-state index in [0.717, 1.165) is 26.5 Å². The zero-order valence-corrected chi connectivity index (χ0v) is 22.1. The molecule has 1 N–H and O–H groups in total. The highest BCUT2D eigenvalue weighted by molar-refractivity contribution is 7.99. The molecule has 0 amide bonds. The van der Waals surface area contributed by atoms with Gasteiger partial charge in [0, 0.05) is 32.0 Å². The fraction of sp³-hybridized carbons (Fsp3) is 0.0294. The van der Waals surface area contributed by atoms with Crippen molar-refractivity contribution >= 4 is 29.0 Å². The minimum Gasteiger partial charge on any atom is -0.410 e. The van der Waals surface area contributed by atoms with Gasteiger partial charge >= 0.3 is 0 Å². The maximum atomic E-state index is 13.0. The molecule has 5 rings (SSSR count). The Balaban J connectivity index is 1.24. The van der Waals surface area contributed by atoms with Crippen LogP contribution in [0.3, 0.4) is 0 Å². The molecule has 0 aromatic heterocycles. The molecule has 0 heterocycles. The number of ketones is 2. The lowest BCUT2D eigenvalue weighted by molar-refractivity contribution is 0.103. The Bertz CT molecular complexity index is 1640. The van der Waals surface area contributed by atoms with Crippen LogP contribution in [-0.2, 0) is 0 Å². The predicted octanol–water partition coefficient (Wildman–Crippen LogP) is 8.11. The summed E-state index contributed by atoms with van der Waals surface area (Å²) in [7, 11) is 0. The van der Waals surface area contributed by atoms with Gasteiger partial charge < -0.3 is 5.21 Å². The summed E-state index contributed by atoms with van der Waals surface area (Å²) in [5.41, 5.74) is 5.37. The average molecular weight is 528 g/mol. The van der Waals surface area contributed by atoms with Crippen molar-refractivity contribution in [3.8, 4) is 11.1 Å². The van der Waals surface area contributed by atoms with E-state index in [1.807, 2.05) is 110 Å². The molecule has 0 unspecified atom stereocenters. The molecule has 39 heavy (non-hydrogen) atoms. The van der Waals surface area contributed by atoms with Crippen LogP contribution < -0.4 is 0 Å². The van der Waals surface area contributed by atoms with Crippen molar-refractivity contribution < 1.29 is 14.8 Å². The quantitative estimate of drug-likeness (QED) is 0.0958. The van der Waals surface area contributed by atoms with Gasteiger partial charge in [0.2, 0.25) is 5.78 Å². The highest BCUT2D eigenvalue weighted by atomic mass is 32.2. The average Bonchev–Trinajstić information content (AvgIpc) is 2.99. The van der Waals surface area contributed by atoms with Crippen LogP contribution in [0.1, 0.15) is 37.4 Å². The maximum absolute atomic E-state index is 13.0. The number of oxime groups is 1. The van der Waals surface area contributed by atoms with Gasteiger partial charge in [0.05, 0.1) is 0 Å². The Kier molecular flexibility index (Phi) is 7.80. The second-order valence-electron chi connectivity index (χ2n) is 9.02. The van der Waals surface area contributed by atoms with Crippen LogP contribution in [-0.4, -0.2) is 22.5 Å². The minimum atomic E-state index is -0.344. The summed E-state index contributed by atoms with van der Waals surface area (Å²) in [5, 5.41) is 12.8. The van der Waals surface area contributed by atoms with Crippen LogP contribution in [0.4, 0.5) is 0 Å². The number of nitrogens with zero attached hydrogens (tertiary/aromatic N) is 1. The standard InChI is InChI=1S/C34H25NO3S/c1-23-7-5-6-10-31(23)32(35-38)34(37)28-17-21-30(22-18-28)39-29-19-15-27(16-20-29)33(36)26-13-11-25(12-14-26)24-8-3-2-4-9-24/h2-22,38H,1H3/b35-32-. The number of carbonyl (C=O) groups excluding carboxylic acids is 2. The number of hydrogen-bond acceptors (Lipinski definition) is 5. The largest absolute Gasteiger partial charge is 0.410 e. The molecule has 0 aliphatic heterocycles. The van der Waals surface area contributed by atoms with Crippen molar-refractivity contribution in [1.29, 1.82) is 0 Å². The zero-order valence-electron chi connectivity index (χ0n) is 21.2. The van der Waals surface area contributed by atoms with E-state index >= 15 is 0 Å². The van der Waals surface area contributed by atoms with E-state index in [4.69, 9.17) is 0 Å². The summed E-state index contributed by atoms with van der Waals surface area (Å²) in [5.74, 6) is -0.368. The van der Waals surface area contributed by atoms with Crippen molar-refractivity contribution in [2.75, 3.05) is 0 Å². The molecule has 0 fully saturated rings. The number of benzene rings is 5. The fourth-order valence-electron chi connectivity index (χ4n) is 4.29. The van der Waals surface area contributed by atoms with Gasteiger partial charge in [-0.15, -0.1) is 0 Å². The van der Waals surface area contributed by atoms with Gasteiger partial charge in [-0.3, -0.25) is 9.59 Å². The van der Waals surface area contributed by atoms with E-state index < -0.39 is 0 Å². The molecule has 0 bridgehead atoms. The highest BCUT2D eigenvalue weighted by Crippen LogP contribution is 2.29. The zero-order chi connectivity index (χ0) is 27.2. The van der Waals surface area contributed by atoms with Crippen molar-refractivity contribution in [2.24, 2.45) is 5.16 Å². The molecule has 0 saturated heterocycles. The van der Waals surface area contributed by atoms with Gasteiger partial charge in [0.25, 0.3) is 0 Å². The van der Waals surface area contributed by atoms with Crippen LogP contribution >= 0.6 is 11.8 Å². The first-order valence-corrected chi connectivity index (χ1v) is 13.3. The van der Waals surface area contributed by atoms with E-state index in [0.29, 0.717) is 22.3 Å². The lowest BCUT2D eigenvalue weighted by atomic mass is 9.97. The topological polar surface area (TPSA) is 66.7 Å². The number of Topliss-reactive ketones (excluding diaryl/α,β-unsaturated/α-hetero) is 1. The molecule has 0 aliphatic rings. The van der Waals surface area contributed by atoms with Gasteiger partial charge in [-0.2, -0.15) is 0 Å². The molecule has 0 atom stereocenters. The van der Waals surface area contributed by atoms with Crippen molar-refractivity contribution in [3.63, 3.8) is 0 Å². The monoisotopic (exact) mass is 527 g/mol. The molecule has 5 aromatic carbocycles. The number of hydrogen-bond donors (Lipinski definition) is 1. The SMILES string of the molecule is Cc1ccccc1/C(=N/O)C(=O)c1ccc(Sc2ccc(C(=O)c3ccc(-c4ccccc4)cc3)cc2)cc1. The third-order valence-corrected chi connectivity index (χ3v) is 7.45. The Labute approximate surface area is 231 Å². The van der Waals surface area contributed by atoms with Crippen LogP contribution in [0, 0.1) is 6.92 Å². The summed E-state index contributed by atoms with van der Waals surface area (Å²) in [4.78, 5) is 27.9. The first kappa shape index (κ1) is 25.9. The Hall–Kier alpha value is -4.74. The molecular weight excluding hydrogens is 502 g/mol. The Morgan fingerprint density at radius 1 is 0.590 bits per heavy atom. The molecule has 0 radical (unpaired) electrons. The van der Waals surface area contributed by atoms with E-state index in [9.17, 15) is 14.8 Å². The first-order chi connectivity index (χ1) is 19.0. The van der Waals surface area contributed by atoms with Gasteiger partial charge in [-0.25, -0.2) is 0 Å². The fourth-order valence-corrected chi connectivity index (χ4v) is 5.11. The molecule has 5 aromatic rings. The minimum absolute atomic E-state index is 0.0171. The van der Waals surface area contributed by atoms with E-state index in [2.05, 4.69) is 5.16 Å². The van der Waals surface area contributed by atoms with Gasteiger partial charge in [0.1, 0.15) is 0 Å². The lowest BCUT2D eigenvalue weighted by Crippen LogP contribution is -2.17. The molecule has 0 aliphatic carbocycles. The summed E-state index contributed by atoms with van der Waals surface area (Å²) in [6.45, 7) is 1.87. The summed E-state index contributed by atoms with van der Waals surface area (Å²) in [6, 6.07) is 39.7. The smallest absolute Gasteiger partial charge is 0.215 e. The summed E-state index contributed by atoms with van der Waals surface area (Å²) in [6.07, 6.45) is 0.